The van der Waals surface area contributed by atoms with Crippen LogP contribution in [0.4, 0.5) is 13.2 Å². The Hall–Kier alpha value is -0.510. The Morgan fingerprint density at radius 3 is 2.15 bits per heavy atom. The van der Waals surface area contributed by atoms with E-state index in [1.165, 1.54) is 12.1 Å². The second kappa shape index (κ2) is 3.70. The van der Waals surface area contributed by atoms with E-state index in [1.807, 2.05) is 0 Å². The molecule has 0 nitrogen and oxygen atoms in total. The number of alkyl halides is 4. The first-order chi connectivity index (χ1) is 5.93. The molecule has 0 aliphatic heterocycles. The summed E-state index contributed by atoms with van der Waals surface area (Å²) < 4.78 is 37.2. The van der Waals surface area contributed by atoms with Crippen molar-refractivity contribution in [3.63, 3.8) is 0 Å². The maximum Gasteiger partial charge on any atom is 0.416 e. The van der Waals surface area contributed by atoms with Crippen LogP contribution >= 0.6 is 15.9 Å². The van der Waals surface area contributed by atoms with Gasteiger partial charge < -0.3 is 0 Å². The Labute approximate surface area is 82.9 Å². The quantitative estimate of drug-likeness (QED) is 0.659. The Balaban J connectivity index is 3.20. The van der Waals surface area contributed by atoms with E-state index in [4.69, 9.17) is 0 Å². The van der Waals surface area contributed by atoms with Gasteiger partial charge in [-0.3, -0.25) is 0 Å². The monoisotopic (exact) mass is 252 g/mol. The van der Waals surface area contributed by atoms with Gasteiger partial charge in [-0.05, 0) is 18.6 Å². The van der Waals surface area contributed by atoms with Crippen molar-refractivity contribution in [3.8, 4) is 0 Å². The molecule has 0 aliphatic carbocycles. The first kappa shape index (κ1) is 10.6. The minimum Gasteiger partial charge on any atom is -0.166 e. The Morgan fingerprint density at radius 1 is 1.23 bits per heavy atom. The molecule has 72 valence electrons. The van der Waals surface area contributed by atoms with Gasteiger partial charge in [0.25, 0.3) is 0 Å². The first-order valence-electron chi connectivity index (χ1n) is 3.73. The predicted octanol–water partition coefficient (Wildman–Crippen LogP) is 4.16. The van der Waals surface area contributed by atoms with E-state index in [-0.39, 0.29) is 10.4 Å². The lowest BCUT2D eigenvalue weighted by atomic mass is 10.1. The van der Waals surface area contributed by atoms with Gasteiger partial charge in [0.05, 0.1) is 5.56 Å². The van der Waals surface area contributed by atoms with Crippen LogP contribution in [0.3, 0.4) is 0 Å². The molecule has 0 amide bonds. The minimum absolute atomic E-state index is 0.273. The molecule has 0 fully saturated rings. The van der Waals surface area contributed by atoms with Gasteiger partial charge in [-0.15, -0.1) is 0 Å². The van der Waals surface area contributed by atoms with E-state index in [0.717, 1.165) is 6.07 Å². The van der Waals surface area contributed by atoms with Crippen molar-refractivity contribution in [3.05, 3.63) is 35.4 Å². The van der Waals surface area contributed by atoms with Crippen molar-refractivity contribution in [1.29, 1.82) is 0 Å². The number of rotatable bonds is 1. The zero-order chi connectivity index (χ0) is 10.1. The molecule has 1 aromatic carbocycles. The van der Waals surface area contributed by atoms with E-state index in [9.17, 15) is 13.2 Å². The van der Waals surface area contributed by atoms with Crippen LogP contribution in [-0.2, 0) is 6.18 Å². The highest BCUT2D eigenvalue weighted by Gasteiger charge is 2.33. The molecule has 0 saturated carbocycles. The van der Waals surface area contributed by atoms with Crippen LogP contribution in [0.15, 0.2) is 24.3 Å². The Bertz CT molecular complexity index is 291. The largest absolute Gasteiger partial charge is 0.416 e. The lowest BCUT2D eigenvalue weighted by Gasteiger charge is -2.13. The van der Waals surface area contributed by atoms with E-state index in [0.29, 0.717) is 0 Å². The van der Waals surface area contributed by atoms with Gasteiger partial charge in [0.15, 0.2) is 0 Å². The van der Waals surface area contributed by atoms with Gasteiger partial charge in [0.2, 0.25) is 0 Å². The van der Waals surface area contributed by atoms with Crippen molar-refractivity contribution in [1.82, 2.24) is 0 Å². The lowest BCUT2D eigenvalue weighted by molar-refractivity contribution is -0.138. The molecule has 0 aromatic heterocycles. The normalized spacial score (nSPS) is 14.2. The topological polar surface area (TPSA) is 0 Å². The zero-order valence-corrected chi connectivity index (χ0v) is 8.48. The highest BCUT2D eigenvalue weighted by molar-refractivity contribution is 9.09. The summed E-state index contributed by atoms with van der Waals surface area (Å²) in [7, 11) is 0. The van der Waals surface area contributed by atoms with Crippen LogP contribution in [0.2, 0.25) is 0 Å². The summed E-state index contributed by atoms with van der Waals surface area (Å²) in [5, 5.41) is 0. The zero-order valence-electron chi connectivity index (χ0n) is 6.90. The fraction of sp³-hybridized carbons (Fsp3) is 0.333. The number of halogens is 4. The van der Waals surface area contributed by atoms with E-state index < -0.39 is 11.7 Å². The Morgan fingerprint density at radius 2 is 1.77 bits per heavy atom. The molecule has 0 aliphatic rings. The van der Waals surface area contributed by atoms with E-state index >= 15 is 0 Å². The van der Waals surface area contributed by atoms with Crippen molar-refractivity contribution < 1.29 is 13.2 Å². The molecule has 0 bridgehead atoms. The van der Waals surface area contributed by atoms with Gasteiger partial charge in [0.1, 0.15) is 0 Å². The van der Waals surface area contributed by atoms with Gasteiger partial charge in [-0.2, -0.15) is 13.2 Å². The molecule has 0 unspecified atom stereocenters. The number of benzene rings is 1. The fourth-order valence-electron chi connectivity index (χ4n) is 1.10. The molecule has 1 aromatic rings. The van der Waals surface area contributed by atoms with Crippen molar-refractivity contribution >= 4 is 15.9 Å². The lowest BCUT2D eigenvalue weighted by Crippen LogP contribution is -2.08. The third kappa shape index (κ3) is 2.46. The summed E-state index contributed by atoms with van der Waals surface area (Å²) in [5.74, 6) is 0. The molecule has 1 rings (SSSR count). The van der Waals surface area contributed by atoms with Crippen LogP contribution in [0, 0.1) is 0 Å². The summed E-state index contributed by atoms with van der Waals surface area (Å²) in [5.41, 5.74) is -0.297. The highest BCUT2D eigenvalue weighted by atomic mass is 79.9. The molecule has 0 heterocycles. The number of hydrogen-bond donors (Lipinski definition) is 0. The molecule has 0 saturated heterocycles. The van der Waals surface area contributed by atoms with Crippen LogP contribution in [-0.4, -0.2) is 0 Å². The van der Waals surface area contributed by atoms with E-state index in [2.05, 4.69) is 15.9 Å². The summed E-state index contributed by atoms with van der Waals surface area (Å²) >= 11 is 3.13. The maximum atomic E-state index is 12.4. The van der Waals surface area contributed by atoms with Gasteiger partial charge in [-0.25, -0.2) is 0 Å². The predicted molar refractivity (Wildman–Crippen MR) is 48.8 cm³/mol. The maximum absolute atomic E-state index is 12.4. The second-order valence-electron chi connectivity index (χ2n) is 2.70. The van der Waals surface area contributed by atoms with Gasteiger partial charge >= 0.3 is 6.18 Å². The highest BCUT2D eigenvalue weighted by Crippen LogP contribution is 2.36. The fourth-order valence-corrected chi connectivity index (χ4v) is 1.50. The average molecular weight is 253 g/mol. The molecule has 0 radical (unpaired) electrons. The smallest absolute Gasteiger partial charge is 0.166 e. The number of hydrogen-bond acceptors (Lipinski definition) is 0. The molecule has 13 heavy (non-hydrogen) atoms. The van der Waals surface area contributed by atoms with E-state index in [1.54, 1.807) is 13.0 Å². The third-order valence-corrected chi connectivity index (χ3v) is 2.19. The minimum atomic E-state index is -4.27. The van der Waals surface area contributed by atoms with Crippen LogP contribution < -0.4 is 0 Å². The summed E-state index contributed by atoms with van der Waals surface area (Å²) in [4.78, 5) is -0.287. The van der Waals surface area contributed by atoms with Gasteiger partial charge in [0, 0.05) is 4.83 Å². The van der Waals surface area contributed by atoms with Gasteiger partial charge in [-0.1, -0.05) is 34.1 Å². The Kier molecular flexibility index (Phi) is 3.01. The first-order valence-corrected chi connectivity index (χ1v) is 4.64. The van der Waals surface area contributed by atoms with Crippen LogP contribution in [0.1, 0.15) is 22.9 Å². The SMILES string of the molecule is C[C@@H](Br)c1ccccc1C(F)(F)F. The molecule has 1 atom stereocenters. The summed E-state index contributed by atoms with van der Waals surface area (Å²) in [6.07, 6.45) is -4.27. The molecule has 0 spiro atoms. The van der Waals surface area contributed by atoms with Crippen molar-refractivity contribution in [2.24, 2.45) is 0 Å². The second-order valence-corrected chi connectivity index (χ2v) is 4.07. The molecule has 0 N–H and O–H groups in total. The molecular weight excluding hydrogens is 245 g/mol. The van der Waals surface area contributed by atoms with Crippen LogP contribution in [0.5, 0.6) is 0 Å². The molecule has 4 heteroatoms. The third-order valence-electron chi connectivity index (χ3n) is 1.69. The summed E-state index contributed by atoms with van der Waals surface area (Å²) in [6, 6.07) is 5.55. The van der Waals surface area contributed by atoms with Crippen molar-refractivity contribution in [2.45, 2.75) is 17.9 Å². The summed E-state index contributed by atoms with van der Waals surface area (Å²) in [6.45, 7) is 1.67. The van der Waals surface area contributed by atoms with Crippen molar-refractivity contribution in [2.75, 3.05) is 0 Å². The van der Waals surface area contributed by atoms with Crippen LogP contribution in [0.25, 0.3) is 0 Å². The standard InChI is InChI=1S/C9H8BrF3/c1-6(10)7-4-2-3-5-8(7)9(11,12)13/h2-6H,1H3/t6-/m1/s1. The molecular formula is C9H8BrF3. The average Bonchev–Trinajstić information content (AvgIpc) is 2.03.